The van der Waals surface area contributed by atoms with E-state index in [2.05, 4.69) is 107 Å². The molecule has 0 saturated carbocycles. The van der Waals surface area contributed by atoms with Gasteiger partial charge in [0, 0.05) is 31.0 Å². The Hall–Kier alpha value is -2.48. The summed E-state index contributed by atoms with van der Waals surface area (Å²) >= 11 is 0. The highest BCUT2D eigenvalue weighted by Gasteiger charge is 2.21. The molecule has 2 nitrogen and oxygen atoms in total. The summed E-state index contributed by atoms with van der Waals surface area (Å²) in [5.74, 6) is 1.30. The zero-order valence-electron chi connectivity index (χ0n) is 20.9. The van der Waals surface area contributed by atoms with Crippen molar-refractivity contribution in [3.05, 3.63) is 84.0 Å². The maximum absolute atomic E-state index is 4.27. The van der Waals surface area contributed by atoms with E-state index in [1.807, 2.05) is 0 Å². The molecule has 1 atom stereocenters. The molecule has 0 aliphatic carbocycles. The van der Waals surface area contributed by atoms with Crippen LogP contribution in [0.5, 0.6) is 0 Å². The number of rotatable bonds is 8. The lowest BCUT2D eigenvalue weighted by Gasteiger charge is -2.34. The molecule has 1 N–H and O–H groups in total. The van der Waals surface area contributed by atoms with Gasteiger partial charge >= 0.3 is 0 Å². The molecule has 1 saturated heterocycles. The summed E-state index contributed by atoms with van der Waals surface area (Å²) in [7, 11) is 0. The van der Waals surface area contributed by atoms with Crippen LogP contribution in [-0.2, 0) is 0 Å². The molecule has 0 bridgehead atoms. The Bertz CT molecular complexity index is 891. The van der Waals surface area contributed by atoms with Gasteiger partial charge in [-0.15, -0.1) is 0 Å². The second-order valence-electron chi connectivity index (χ2n) is 10.8. The molecule has 172 valence electrons. The zero-order valence-corrected chi connectivity index (χ0v) is 20.9. The third-order valence-corrected chi connectivity index (χ3v) is 7.25. The minimum atomic E-state index is 0.310. The predicted molar refractivity (Wildman–Crippen MR) is 141 cm³/mol. The number of hydrogen-bond acceptors (Lipinski definition) is 2. The van der Waals surface area contributed by atoms with Crippen LogP contribution in [0.1, 0.15) is 69.6 Å². The fourth-order valence-corrected chi connectivity index (χ4v) is 4.33. The standard InChI is InChI=1S/C30H42N2/c1-22-8-10-27(11-9-22)28-16-18-32(19-17-28)29-14-12-26(13-15-29)25(4)31-21-23(2)20-24(3)30(5,6)7/h8-15,24,28,31H,2,4,16-21H2,1,3,5-7H3. The maximum Gasteiger partial charge on any atom is 0.0366 e. The Morgan fingerprint density at radius 3 is 2.16 bits per heavy atom. The van der Waals surface area contributed by atoms with Crippen molar-refractivity contribution in [1.29, 1.82) is 0 Å². The van der Waals surface area contributed by atoms with Crippen LogP contribution in [0.2, 0.25) is 0 Å². The smallest absolute Gasteiger partial charge is 0.0366 e. The number of aryl methyl sites for hydroxylation is 1. The number of piperidine rings is 1. The molecule has 2 aromatic rings. The molecule has 1 aliphatic rings. The molecule has 3 rings (SSSR count). The first-order valence-corrected chi connectivity index (χ1v) is 12.1. The molecule has 0 radical (unpaired) electrons. The normalized spacial score (nSPS) is 16.0. The van der Waals surface area contributed by atoms with Gasteiger partial charge in [-0.2, -0.15) is 0 Å². The first kappa shape index (κ1) is 24.2. The van der Waals surface area contributed by atoms with Crippen molar-refractivity contribution in [3.63, 3.8) is 0 Å². The van der Waals surface area contributed by atoms with E-state index >= 15 is 0 Å². The van der Waals surface area contributed by atoms with E-state index in [4.69, 9.17) is 0 Å². The molecular weight excluding hydrogens is 388 g/mol. The van der Waals surface area contributed by atoms with Crippen molar-refractivity contribution in [2.75, 3.05) is 24.5 Å². The van der Waals surface area contributed by atoms with Gasteiger partial charge in [0.25, 0.3) is 0 Å². The second kappa shape index (κ2) is 10.4. The Morgan fingerprint density at radius 1 is 1.00 bits per heavy atom. The second-order valence-corrected chi connectivity index (χ2v) is 10.8. The van der Waals surface area contributed by atoms with E-state index in [0.717, 1.165) is 37.3 Å². The lowest BCUT2D eigenvalue weighted by Crippen LogP contribution is -2.32. The number of anilines is 1. The average molecular weight is 431 g/mol. The third-order valence-electron chi connectivity index (χ3n) is 7.25. The van der Waals surface area contributed by atoms with Gasteiger partial charge in [0.15, 0.2) is 0 Å². The Morgan fingerprint density at radius 2 is 1.59 bits per heavy atom. The van der Waals surface area contributed by atoms with Crippen LogP contribution < -0.4 is 10.2 Å². The van der Waals surface area contributed by atoms with Crippen molar-refractivity contribution >= 4 is 11.4 Å². The fraction of sp³-hybridized carbons (Fsp3) is 0.467. The maximum atomic E-state index is 4.27. The van der Waals surface area contributed by atoms with Gasteiger partial charge in [-0.05, 0) is 66.7 Å². The summed E-state index contributed by atoms with van der Waals surface area (Å²) in [6, 6.07) is 18.0. The molecule has 1 heterocycles. The Balaban J connectivity index is 1.48. The molecule has 2 heteroatoms. The van der Waals surface area contributed by atoms with Crippen LogP contribution in [0.3, 0.4) is 0 Å². The predicted octanol–water partition coefficient (Wildman–Crippen LogP) is 7.57. The van der Waals surface area contributed by atoms with Gasteiger partial charge in [0.05, 0.1) is 0 Å². The minimum Gasteiger partial charge on any atom is -0.381 e. The van der Waals surface area contributed by atoms with E-state index in [9.17, 15) is 0 Å². The number of nitrogens with one attached hydrogen (secondary N) is 1. The van der Waals surface area contributed by atoms with Gasteiger partial charge < -0.3 is 10.2 Å². The van der Waals surface area contributed by atoms with E-state index in [0.29, 0.717) is 17.3 Å². The average Bonchev–Trinajstić information content (AvgIpc) is 2.77. The van der Waals surface area contributed by atoms with Crippen molar-refractivity contribution in [1.82, 2.24) is 5.32 Å². The Kier molecular flexibility index (Phi) is 7.87. The van der Waals surface area contributed by atoms with Crippen LogP contribution in [0.25, 0.3) is 5.70 Å². The number of benzene rings is 2. The van der Waals surface area contributed by atoms with Crippen molar-refractivity contribution in [2.45, 2.75) is 59.8 Å². The lowest BCUT2D eigenvalue weighted by molar-refractivity contribution is 0.259. The monoisotopic (exact) mass is 430 g/mol. The first-order valence-electron chi connectivity index (χ1n) is 12.1. The van der Waals surface area contributed by atoms with Crippen LogP contribution >= 0.6 is 0 Å². The van der Waals surface area contributed by atoms with Gasteiger partial charge in [-0.1, -0.05) is 88.4 Å². The van der Waals surface area contributed by atoms with Crippen LogP contribution in [0.15, 0.2) is 67.3 Å². The van der Waals surface area contributed by atoms with Crippen LogP contribution in [0, 0.1) is 18.3 Å². The lowest BCUT2D eigenvalue weighted by atomic mass is 9.78. The van der Waals surface area contributed by atoms with Crippen molar-refractivity contribution < 1.29 is 0 Å². The topological polar surface area (TPSA) is 15.3 Å². The summed E-state index contributed by atoms with van der Waals surface area (Å²) in [5, 5.41) is 3.47. The molecule has 0 spiro atoms. The Labute approximate surface area is 196 Å². The van der Waals surface area contributed by atoms with Gasteiger partial charge in [-0.25, -0.2) is 0 Å². The summed E-state index contributed by atoms with van der Waals surface area (Å²) in [6.07, 6.45) is 3.48. The summed E-state index contributed by atoms with van der Waals surface area (Å²) in [6.45, 7) is 22.9. The highest BCUT2D eigenvalue weighted by Crippen LogP contribution is 2.32. The number of hydrogen-bond donors (Lipinski definition) is 1. The minimum absolute atomic E-state index is 0.310. The third kappa shape index (κ3) is 6.51. The molecule has 0 amide bonds. The summed E-state index contributed by atoms with van der Waals surface area (Å²) in [5.41, 5.74) is 7.82. The van der Waals surface area contributed by atoms with Gasteiger partial charge in [0.1, 0.15) is 0 Å². The molecule has 1 aliphatic heterocycles. The summed E-state index contributed by atoms with van der Waals surface area (Å²) < 4.78 is 0. The summed E-state index contributed by atoms with van der Waals surface area (Å²) in [4.78, 5) is 2.51. The quantitative estimate of drug-likeness (QED) is 0.434. The van der Waals surface area contributed by atoms with Crippen LogP contribution in [0.4, 0.5) is 5.69 Å². The molecule has 2 aromatic carbocycles. The molecular formula is C30H42N2. The van der Waals surface area contributed by atoms with E-state index in [1.165, 1.54) is 35.2 Å². The number of nitrogens with zero attached hydrogens (tertiary/aromatic N) is 1. The van der Waals surface area contributed by atoms with Gasteiger partial charge in [-0.3, -0.25) is 0 Å². The van der Waals surface area contributed by atoms with Crippen LogP contribution in [-0.4, -0.2) is 19.6 Å². The fourth-order valence-electron chi connectivity index (χ4n) is 4.33. The van der Waals surface area contributed by atoms with Crippen molar-refractivity contribution in [3.8, 4) is 0 Å². The van der Waals surface area contributed by atoms with Crippen molar-refractivity contribution in [2.24, 2.45) is 11.3 Å². The highest BCUT2D eigenvalue weighted by atomic mass is 15.1. The van der Waals surface area contributed by atoms with E-state index < -0.39 is 0 Å². The zero-order chi connectivity index (χ0) is 23.3. The molecule has 32 heavy (non-hydrogen) atoms. The largest absolute Gasteiger partial charge is 0.381 e. The first-order chi connectivity index (χ1) is 15.1. The van der Waals surface area contributed by atoms with E-state index in [1.54, 1.807) is 0 Å². The van der Waals surface area contributed by atoms with Gasteiger partial charge in [0.2, 0.25) is 0 Å². The molecule has 1 unspecified atom stereocenters. The molecule has 1 fully saturated rings. The SMILES string of the molecule is C=C(CNC(=C)c1ccc(N2CCC(c3ccc(C)cc3)CC2)cc1)CC(C)C(C)(C)C. The van der Waals surface area contributed by atoms with E-state index in [-0.39, 0.29) is 0 Å². The highest BCUT2D eigenvalue weighted by molar-refractivity contribution is 5.64. The molecule has 0 aromatic heterocycles.